The zero-order valence-corrected chi connectivity index (χ0v) is 15.4. The lowest BCUT2D eigenvalue weighted by Crippen LogP contribution is -2.16. The molecule has 8 heteroatoms. The van der Waals surface area contributed by atoms with Crippen molar-refractivity contribution in [1.82, 2.24) is 0 Å². The number of carbonyl (C=O) groups is 1. The minimum absolute atomic E-state index is 0.358. The third-order valence-electron chi connectivity index (χ3n) is 3.91. The van der Waals surface area contributed by atoms with E-state index in [1.165, 1.54) is 0 Å². The van der Waals surface area contributed by atoms with Gasteiger partial charge in [-0.05, 0) is 30.2 Å². The van der Waals surface area contributed by atoms with E-state index < -0.39 is 27.8 Å². The second-order valence-corrected chi connectivity index (χ2v) is 7.83. The van der Waals surface area contributed by atoms with Gasteiger partial charge in [0.15, 0.2) is 6.10 Å². The Hall–Kier alpha value is -2.51. The SMILES string of the molecule is Cc1ccccc1CS(=O)(=O)OC1=C(N)OC(c2ccc(Cl)cc2)C1=O. The van der Waals surface area contributed by atoms with Crippen LogP contribution in [0.3, 0.4) is 0 Å². The van der Waals surface area contributed by atoms with Gasteiger partial charge in [-0.25, -0.2) is 0 Å². The molecule has 0 spiro atoms. The molecule has 136 valence electrons. The molecule has 2 N–H and O–H groups in total. The Morgan fingerprint density at radius 3 is 2.46 bits per heavy atom. The number of nitrogens with two attached hydrogens (primary N) is 1. The zero-order chi connectivity index (χ0) is 18.9. The molecule has 0 saturated heterocycles. The van der Waals surface area contributed by atoms with Crippen LogP contribution in [0, 0.1) is 6.92 Å². The first-order chi connectivity index (χ1) is 12.3. The molecule has 1 atom stereocenters. The van der Waals surface area contributed by atoms with Crippen molar-refractivity contribution < 1.29 is 22.1 Å². The Morgan fingerprint density at radius 1 is 1.15 bits per heavy atom. The van der Waals surface area contributed by atoms with E-state index in [1.807, 2.05) is 0 Å². The molecule has 1 heterocycles. The fraction of sp³-hybridized carbons (Fsp3) is 0.167. The molecule has 1 aliphatic heterocycles. The van der Waals surface area contributed by atoms with Gasteiger partial charge in [0.25, 0.3) is 0 Å². The summed E-state index contributed by atoms with van der Waals surface area (Å²) in [6.07, 6.45) is -1.06. The topological polar surface area (TPSA) is 95.7 Å². The Balaban J connectivity index is 1.78. The molecule has 0 saturated carbocycles. The van der Waals surface area contributed by atoms with Crippen molar-refractivity contribution in [2.45, 2.75) is 18.8 Å². The van der Waals surface area contributed by atoms with Gasteiger partial charge in [0.1, 0.15) is 5.75 Å². The number of ether oxygens (including phenoxy) is 1. The average Bonchev–Trinajstić information content (AvgIpc) is 2.85. The van der Waals surface area contributed by atoms with Crippen LogP contribution in [0.4, 0.5) is 0 Å². The molecule has 0 fully saturated rings. The van der Waals surface area contributed by atoms with Gasteiger partial charge in [-0.3, -0.25) is 4.79 Å². The fourth-order valence-corrected chi connectivity index (χ4v) is 3.84. The lowest BCUT2D eigenvalue weighted by Gasteiger charge is -2.10. The van der Waals surface area contributed by atoms with Gasteiger partial charge >= 0.3 is 10.1 Å². The standard InChI is InChI=1S/C18H16ClNO5S/c1-11-4-2-3-5-13(11)10-26(22,23)25-17-15(21)16(24-18(17)20)12-6-8-14(19)9-7-12/h2-9,16H,10,20H2,1H3. The first-order valence-corrected chi connectivity index (χ1v) is 9.65. The number of carbonyl (C=O) groups excluding carboxylic acids is 1. The number of halogens is 1. The van der Waals surface area contributed by atoms with Crippen LogP contribution in [-0.4, -0.2) is 14.2 Å². The summed E-state index contributed by atoms with van der Waals surface area (Å²) in [5.41, 5.74) is 7.55. The molecule has 26 heavy (non-hydrogen) atoms. The molecule has 0 bridgehead atoms. The Labute approximate surface area is 156 Å². The molecule has 0 radical (unpaired) electrons. The van der Waals surface area contributed by atoms with Gasteiger partial charge in [-0.15, -0.1) is 0 Å². The van der Waals surface area contributed by atoms with Crippen LogP contribution < -0.4 is 5.73 Å². The third-order valence-corrected chi connectivity index (χ3v) is 5.24. The molecular formula is C18H16ClNO5S. The van der Waals surface area contributed by atoms with Crippen LogP contribution in [-0.2, 0) is 29.6 Å². The zero-order valence-electron chi connectivity index (χ0n) is 13.8. The molecule has 0 aromatic heterocycles. The van der Waals surface area contributed by atoms with Gasteiger partial charge in [-0.2, -0.15) is 8.42 Å². The van der Waals surface area contributed by atoms with Crippen molar-refractivity contribution in [2.24, 2.45) is 5.73 Å². The lowest BCUT2D eigenvalue weighted by atomic mass is 10.1. The van der Waals surface area contributed by atoms with Crippen molar-refractivity contribution in [2.75, 3.05) is 0 Å². The van der Waals surface area contributed by atoms with E-state index >= 15 is 0 Å². The molecule has 1 unspecified atom stereocenters. The van der Waals surface area contributed by atoms with Crippen molar-refractivity contribution in [1.29, 1.82) is 0 Å². The lowest BCUT2D eigenvalue weighted by molar-refractivity contribution is -0.123. The van der Waals surface area contributed by atoms with Gasteiger partial charge in [0.2, 0.25) is 17.4 Å². The number of Topliss-reactive ketones (excluding diaryl/α,β-unsaturated/α-hetero) is 1. The van der Waals surface area contributed by atoms with E-state index in [1.54, 1.807) is 55.5 Å². The summed E-state index contributed by atoms with van der Waals surface area (Å²) in [6.45, 7) is 1.79. The van der Waals surface area contributed by atoms with Gasteiger partial charge in [0.05, 0.1) is 0 Å². The number of hydrogen-bond acceptors (Lipinski definition) is 6. The third kappa shape index (κ3) is 3.84. The van der Waals surface area contributed by atoms with Crippen molar-refractivity contribution in [3.8, 4) is 0 Å². The van der Waals surface area contributed by atoms with E-state index in [4.69, 9.17) is 26.3 Å². The van der Waals surface area contributed by atoms with Gasteiger partial charge in [-0.1, -0.05) is 48.0 Å². The second kappa shape index (κ2) is 7.01. The summed E-state index contributed by atoms with van der Waals surface area (Å²) in [5, 5.41) is 0.498. The highest BCUT2D eigenvalue weighted by Crippen LogP contribution is 2.33. The first kappa shape index (κ1) is 18.3. The summed E-state index contributed by atoms with van der Waals surface area (Å²) in [6, 6.07) is 13.4. The minimum Gasteiger partial charge on any atom is -0.460 e. The number of aryl methyl sites for hydroxylation is 1. The van der Waals surface area contributed by atoms with E-state index in [9.17, 15) is 13.2 Å². The molecule has 0 aliphatic carbocycles. The largest absolute Gasteiger partial charge is 0.460 e. The highest BCUT2D eigenvalue weighted by atomic mass is 35.5. The van der Waals surface area contributed by atoms with E-state index in [-0.39, 0.29) is 11.6 Å². The van der Waals surface area contributed by atoms with Crippen LogP contribution in [0.2, 0.25) is 5.02 Å². The molecule has 0 amide bonds. The maximum atomic E-state index is 12.5. The fourth-order valence-electron chi connectivity index (χ4n) is 2.53. The maximum absolute atomic E-state index is 12.5. The highest BCUT2D eigenvalue weighted by molar-refractivity contribution is 7.86. The number of benzene rings is 2. The minimum atomic E-state index is -4.08. The molecule has 2 aromatic carbocycles. The summed E-state index contributed by atoms with van der Waals surface area (Å²) in [5.74, 6) is -1.89. The Morgan fingerprint density at radius 2 is 1.81 bits per heavy atom. The van der Waals surface area contributed by atoms with E-state index in [0.29, 0.717) is 16.1 Å². The van der Waals surface area contributed by atoms with Crippen molar-refractivity contribution in [3.63, 3.8) is 0 Å². The monoisotopic (exact) mass is 393 g/mol. The average molecular weight is 394 g/mol. The van der Waals surface area contributed by atoms with Crippen LogP contribution in [0.15, 0.2) is 60.2 Å². The quantitative estimate of drug-likeness (QED) is 0.784. The number of hydrogen-bond donors (Lipinski definition) is 1. The van der Waals surface area contributed by atoms with Gasteiger partial charge < -0.3 is 14.7 Å². The van der Waals surface area contributed by atoms with Crippen LogP contribution in [0.25, 0.3) is 0 Å². The van der Waals surface area contributed by atoms with E-state index in [0.717, 1.165) is 5.56 Å². The molecule has 3 rings (SSSR count). The maximum Gasteiger partial charge on any atom is 0.313 e. The van der Waals surface area contributed by atoms with Crippen LogP contribution in [0.5, 0.6) is 0 Å². The van der Waals surface area contributed by atoms with Crippen molar-refractivity contribution >= 4 is 27.5 Å². The summed E-state index contributed by atoms with van der Waals surface area (Å²) >= 11 is 5.82. The molecule has 2 aromatic rings. The molecule has 6 nitrogen and oxygen atoms in total. The van der Waals surface area contributed by atoms with E-state index in [2.05, 4.69) is 0 Å². The number of ketones is 1. The normalized spacial score (nSPS) is 17.3. The summed E-state index contributed by atoms with van der Waals surface area (Å²) in [7, 11) is -4.08. The van der Waals surface area contributed by atoms with Crippen LogP contribution >= 0.6 is 11.6 Å². The Kier molecular flexibility index (Phi) is 4.93. The van der Waals surface area contributed by atoms with Crippen molar-refractivity contribution in [3.05, 3.63) is 81.9 Å². The summed E-state index contributed by atoms with van der Waals surface area (Å²) in [4.78, 5) is 12.5. The molecule has 1 aliphatic rings. The predicted molar refractivity (Wildman–Crippen MR) is 96.4 cm³/mol. The number of rotatable bonds is 5. The first-order valence-electron chi connectivity index (χ1n) is 7.69. The predicted octanol–water partition coefficient (Wildman–Crippen LogP) is 2.96. The highest BCUT2D eigenvalue weighted by Gasteiger charge is 2.39. The van der Waals surface area contributed by atoms with Gasteiger partial charge in [0, 0.05) is 10.6 Å². The second-order valence-electron chi connectivity index (χ2n) is 5.82. The molecular weight excluding hydrogens is 378 g/mol. The Bertz CT molecular complexity index is 983. The smallest absolute Gasteiger partial charge is 0.313 e. The summed E-state index contributed by atoms with van der Waals surface area (Å²) < 4.78 is 35.0. The van der Waals surface area contributed by atoms with Crippen LogP contribution in [0.1, 0.15) is 22.8 Å².